The number of carbonyl (C=O) groups is 1. The first kappa shape index (κ1) is 15.3. The van der Waals surface area contributed by atoms with Crippen molar-refractivity contribution in [2.75, 3.05) is 11.1 Å². The van der Waals surface area contributed by atoms with Gasteiger partial charge in [-0.15, -0.1) is 0 Å². The van der Waals surface area contributed by atoms with E-state index in [1.165, 1.54) is 24.0 Å². The number of aromatic amines is 1. The molecule has 1 amide bonds. The van der Waals surface area contributed by atoms with E-state index in [4.69, 9.17) is 0 Å². The van der Waals surface area contributed by atoms with Crippen LogP contribution in [0.5, 0.6) is 0 Å². The molecule has 2 rings (SSSR count). The highest BCUT2D eigenvalue weighted by Crippen LogP contribution is 2.23. The summed E-state index contributed by atoms with van der Waals surface area (Å²) in [5, 5.41) is 3.19. The molecular weight excluding hydrogens is 410 g/mol. The van der Waals surface area contributed by atoms with Gasteiger partial charge in [-0.25, -0.2) is 4.98 Å². The third-order valence-electron chi connectivity index (χ3n) is 2.13. The van der Waals surface area contributed by atoms with Gasteiger partial charge in [0.1, 0.15) is 0 Å². The lowest BCUT2D eigenvalue weighted by Crippen LogP contribution is -2.15. The molecule has 8 heteroatoms. The van der Waals surface area contributed by atoms with Crippen LogP contribution in [0.3, 0.4) is 0 Å². The third kappa shape index (κ3) is 4.77. The van der Waals surface area contributed by atoms with E-state index >= 15 is 0 Å². The molecule has 0 saturated heterocycles. The van der Waals surface area contributed by atoms with Crippen molar-refractivity contribution in [3.8, 4) is 0 Å². The summed E-state index contributed by atoms with van der Waals surface area (Å²) >= 11 is 7.87. The first-order chi connectivity index (χ1) is 9.52. The maximum absolute atomic E-state index is 11.8. The number of halogens is 2. The Balaban J connectivity index is 1.94. The summed E-state index contributed by atoms with van der Waals surface area (Å²) in [6.07, 6.45) is 1.41. The van der Waals surface area contributed by atoms with Crippen LogP contribution in [0.25, 0.3) is 0 Å². The molecular formula is C12H9Br2N3O2S. The highest BCUT2D eigenvalue weighted by molar-refractivity contribution is 9.11. The number of benzene rings is 1. The molecule has 5 nitrogen and oxygen atoms in total. The van der Waals surface area contributed by atoms with Gasteiger partial charge in [0.2, 0.25) is 5.91 Å². The van der Waals surface area contributed by atoms with Crippen LogP contribution in [0, 0.1) is 0 Å². The van der Waals surface area contributed by atoms with Crippen LogP contribution in [0.4, 0.5) is 5.69 Å². The second kappa shape index (κ2) is 7.05. The number of amides is 1. The molecule has 0 spiro atoms. The molecule has 1 aromatic carbocycles. The van der Waals surface area contributed by atoms with E-state index in [0.717, 1.165) is 8.95 Å². The van der Waals surface area contributed by atoms with Gasteiger partial charge in [0.05, 0.1) is 5.75 Å². The fourth-order valence-corrected chi connectivity index (χ4v) is 3.32. The summed E-state index contributed by atoms with van der Waals surface area (Å²) in [5.41, 5.74) is 0.449. The van der Waals surface area contributed by atoms with Crippen molar-refractivity contribution in [1.82, 2.24) is 9.97 Å². The number of aromatic nitrogens is 2. The van der Waals surface area contributed by atoms with Crippen LogP contribution in [0.1, 0.15) is 0 Å². The predicted octanol–water partition coefficient (Wildman–Crippen LogP) is 3.03. The van der Waals surface area contributed by atoms with E-state index in [0.29, 0.717) is 10.8 Å². The van der Waals surface area contributed by atoms with Crippen LogP contribution in [-0.4, -0.2) is 21.6 Å². The zero-order valence-electron chi connectivity index (χ0n) is 10.0. The number of carbonyl (C=O) groups excluding carboxylic acids is 1. The van der Waals surface area contributed by atoms with E-state index in [1.54, 1.807) is 12.1 Å². The van der Waals surface area contributed by atoms with E-state index in [2.05, 4.69) is 47.1 Å². The molecule has 1 heterocycles. The second-order valence-electron chi connectivity index (χ2n) is 3.73. The molecule has 104 valence electrons. The minimum atomic E-state index is -0.237. The molecule has 2 aromatic rings. The molecule has 20 heavy (non-hydrogen) atoms. The average molecular weight is 419 g/mol. The minimum absolute atomic E-state index is 0.164. The first-order valence-corrected chi connectivity index (χ1v) is 8.04. The number of nitrogens with zero attached hydrogens (tertiary/aromatic N) is 1. The summed E-state index contributed by atoms with van der Waals surface area (Å²) in [6, 6.07) is 6.80. The Morgan fingerprint density at radius 2 is 2.00 bits per heavy atom. The SMILES string of the molecule is O=C(CSc1nccc(=O)[nH]1)Nc1cc(Br)cc(Br)c1. The highest BCUT2D eigenvalue weighted by atomic mass is 79.9. The minimum Gasteiger partial charge on any atom is -0.325 e. The smallest absolute Gasteiger partial charge is 0.251 e. The standard InChI is InChI=1S/C12H9Br2N3O2S/c13-7-3-8(14)5-9(4-7)16-11(19)6-20-12-15-2-1-10(18)17-12/h1-5H,6H2,(H,16,19)(H,15,17,18). The van der Waals surface area contributed by atoms with Crippen molar-refractivity contribution >= 4 is 55.2 Å². The monoisotopic (exact) mass is 417 g/mol. The number of rotatable bonds is 4. The van der Waals surface area contributed by atoms with Crippen molar-refractivity contribution in [2.45, 2.75) is 5.16 Å². The molecule has 0 aliphatic rings. The molecule has 0 unspecified atom stereocenters. The normalized spacial score (nSPS) is 10.3. The van der Waals surface area contributed by atoms with Crippen molar-refractivity contribution < 1.29 is 4.79 Å². The molecule has 0 fully saturated rings. The van der Waals surface area contributed by atoms with Gasteiger partial charge in [-0.2, -0.15) is 0 Å². The zero-order chi connectivity index (χ0) is 14.5. The molecule has 0 saturated carbocycles. The zero-order valence-corrected chi connectivity index (χ0v) is 14.0. The largest absolute Gasteiger partial charge is 0.325 e. The number of nitrogens with one attached hydrogen (secondary N) is 2. The first-order valence-electron chi connectivity index (χ1n) is 5.47. The average Bonchev–Trinajstić information content (AvgIpc) is 2.35. The number of anilines is 1. The summed E-state index contributed by atoms with van der Waals surface area (Å²) < 4.78 is 1.73. The Labute approximate surface area is 135 Å². The Morgan fingerprint density at radius 1 is 1.30 bits per heavy atom. The van der Waals surface area contributed by atoms with Crippen LogP contribution >= 0.6 is 43.6 Å². The quantitative estimate of drug-likeness (QED) is 0.591. The molecule has 0 radical (unpaired) electrons. The lowest BCUT2D eigenvalue weighted by molar-refractivity contribution is -0.113. The van der Waals surface area contributed by atoms with Gasteiger partial charge in [-0.3, -0.25) is 9.59 Å². The summed E-state index contributed by atoms with van der Waals surface area (Å²) in [7, 11) is 0. The second-order valence-corrected chi connectivity index (χ2v) is 6.53. The molecule has 0 bridgehead atoms. The maximum Gasteiger partial charge on any atom is 0.251 e. The van der Waals surface area contributed by atoms with E-state index in [-0.39, 0.29) is 17.2 Å². The van der Waals surface area contributed by atoms with Gasteiger partial charge in [0.25, 0.3) is 5.56 Å². The van der Waals surface area contributed by atoms with Gasteiger partial charge in [-0.05, 0) is 18.2 Å². The van der Waals surface area contributed by atoms with Gasteiger partial charge in [0.15, 0.2) is 5.16 Å². The Kier molecular flexibility index (Phi) is 5.38. The van der Waals surface area contributed by atoms with Crippen LogP contribution in [0.2, 0.25) is 0 Å². The third-order valence-corrected chi connectivity index (χ3v) is 3.94. The van der Waals surface area contributed by atoms with Crippen LogP contribution in [-0.2, 0) is 4.79 Å². The molecule has 2 N–H and O–H groups in total. The Bertz CT molecular complexity index is 670. The van der Waals surface area contributed by atoms with Crippen molar-refractivity contribution in [3.05, 3.63) is 49.8 Å². The van der Waals surface area contributed by atoms with E-state index in [1.807, 2.05) is 6.07 Å². The van der Waals surface area contributed by atoms with E-state index in [9.17, 15) is 9.59 Å². The summed E-state index contributed by atoms with van der Waals surface area (Å²) in [6.45, 7) is 0. The highest BCUT2D eigenvalue weighted by Gasteiger charge is 2.06. The van der Waals surface area contributed by atoms with Crippen molar-refractivity contribution in [2.24, 2.45) is 0 Å². The maximum atomic E-state index is 11.8. The fraction of sp³-hybridized carbons (Fsp3) is 0.0833. The number of hydrogen-bond donors (Lipinski definition) is 2. The molecule has 1 aromatic heterocycles. The van der Waals surface area contributed by atoms with Crippen LogP contribution in [0.15, 0.2) is 49.4 Å². The Morgan fingerprint density at radius 3 is 2.65 bits per heavy atom. The van der Waals surface area contributed by atoms with Gasteiger partial charge in [-0.1, -0.05) is 43.6 Å². The molecule has 0 atom stereocenters. The topological polar surface area (TPSA) is 74.8 Å². The lowest BCUT2D eigenvalue weighted by atomic mass is 10.3. The fourth-order valence-electron chi connectivity index (χ4n) is 1.38. The molecule has 0 aliphatic carbocycles. The van der Waals surface area contributed by atoms with Gasteiger partial charge in [0, 0.05) is 26.9 Å². The summed E-state index contributed by atoms with van der Waals surface area (Å²) in [4.78, 5) is 29.4. The van der Waals surface area contributed by atoms with Gasteiger partial charge < -0.3 is 10.3 Å². The number of hydrogen-bond acceptors (Lipinski definition) is 4. The van der Waals surface area contributed by atoms with E-state index < -0.39 is 0 Å². The van der Waals surface area contributed by atoms with Crippen molar-refractivity contribution in [3.63, 3.8) is 0 Å². The lowest BCUT2D eigenvalue weighted by Gasteiger charge is -2.06. The number of thioether (sulfide) groups is 1. The summed E-state index contributed by atoms with van der Waals surface area (Å²) in [5.74, 6) is -0.0108. The number of H-pyrrole nitrogens is 1. The predicted molar refractivity (Wildman–Crippen MR) is 86.1 cm³/mol. The Hall–Kier alpha value is -1.12. The molecule has 0 aliphatic heterocycles. The van der Waals surface area contributed by atoms with Crippen molar-refractivity contribution in [1.29, 1.82) is 0 Å². The van der Waals surface area contributed by atoms with Gasteiger partial charge >= 0.3 is 0 Å². The van der Waals surface area contributed by atoms with Crippen LogP contribution < -0.4 is 10.9 Å².